The Labute approximate surface area is 154 Å². The summed E-state index contributed by atoms with van der Waals surface area (Å²) >= 11 is 1.50. The van der Waals surface area contributed by atoms with Crippen molar-refractivity contribution in [3.8, 4) is 0 Å². The number of aliphatic hydroxyl groups is 1. The van der Waals surface area contributed by atoms with E-state index in [-0.39, 0.29) is 24.7 Å². The lowest BCUT2D eigenvalue weighted by Gasteiger charge is -2.15. The first-order valence-corrected chi connectivity index (χ1v) is 8.98. The molecule has 0 saturated carbocycles. The molecule has 0 spiro atoms. The highest BCUT2D eigenvalue weighted by atomic mass is 32.2. The number of hydrogen-bond donors (Lipinski definition) is 2. The van der Waals surface area contributed by atoms with Crippen LogP contribution in [-0.4, -0.2) is 35.0 Å². The van der Waals surface area contributed by atoms with E-state index in [4.69, 9.17) is 5.11 Å². The van der Waals surface area contributed by atoms with Gasteiger partial charge in [0.25, 0.3) is 11.8 Å². The number of carbonyl (C=O) groups excluding carboxylic acids is 2. The van der Waals surface area contributed by atoms with E-state index in [2.05, 4.69) is 5.32 Å². The Morgan fingerprint density at radius 2 is 1.92 bits per heavy atom. The highest BCUT2D eigenvalue weighted by Crippen LogP contribution is 2.31. The van der Waals surface area contributed by atoms with Crippen LogP contribution in [0.3, 0.4) is 0 Å². The average Bonchev–Trinajstić information content (AvgIpc) is 2.89. The van der Waals surface area contributed by atoms with Crippen molar-refractivity contribution in [3.63, 3.8) is 0 Å². The first kappa shape index (κ1) is 18.2. The number of amides is 2. The Bertz CT molecular complexity index is 869. The van der Waals surface area contributed by atoms with Crippen molar-refractivity contribution in [1.82, 2.24) is 4.90 Å². The Morgan fingerprint density at radius 1 is 1.12 bits per heavy atom. The van der Waals surface area contributed by atoms with Gasteiger partial charge in [-0.2, -0.15) is 0 Å². The van der Waals surface area contributed by atoms with E-state index in [9.17, 15) is 14.0 Å². The third kappa shape index (κ3) is 4.12. The van der Waals surface area contributed by atoms with E-state index >= 15 is 0 Å². The minimum absolute atomic E-state index is 0.0324. The third-order valence-corrected chi connectivity index (χ3v) is 4.92. The van der Waals surface area contributed by atoms with Crippen molar-refractivity contribution in [1.29, 1.82) is 0 Å². The zero-order chi connectivity index (χ0) is 18.5. The molecule has 134 valence electrons. The van der Waals surface area contributed by atoms with Crippen LogP contribution >= 0.6 is 11.8 Å². The fourth-order valence-electron chi connectivity index (χ4n) is 2.54. The van der Waals surface area contributed by atoms with Gasteiger partial charge >= 0.3 is 0 Å². The molecule has 2 aromatic rings. The van der Waals surface area contributed by atoms with Gasteiger partial charge in [-0.1, -0.05) is 24.3 Å². The summed E-state index contributed by atoms with van der Waals surface area (Å²) in [4.78, 5) is 26.0. The summed E-state index contributed by atoms with van der Waals surface area (Å²) in [5.41, 5.74) is 1.71. The molecule has 0 fully saturated rings. The number of halogens is 1. The number of para-hydroxylation sites is 1. The quantitative estimate of drug-likeness (QED) is 0.578. The number of nitrogens with zero attached hydrogens (tertiary/aromatic N) is 1. The SMILES string of the molecule is O=C1C=C(Nc2ccccc2SCc2cccc(F)c2)C(=O)N1CCO. The predicted octanol–water partition coefficient (Wildman–Crippen LogP) is 2.77. The number of carbonyl (C=O) groups is 2. The summed E-state index contributed by atoms with van der Waals surface area (Å²) < 4.78 is 13.3. The summed E-state index contributed by atoms with van der Waals surface area (Å²) in [6.45, 7) is -0.312. The molecule has 1 heterocycles. The van der Waals surface area contributed by atoms with Gasteiger partial charge in [0, 0.05) is 16.7 Å². The number of thioether (sulfide) groups is 1. The molecule has 2 N–H and O–H groups in total. The summed E-state index contributed by atoms with van der Waals surface area (Å²) in [5, 5.41) is 12.0. The monoisotopic (exact) mass is 372 g/mol. The van der Waals surface area contributed by atoms with Crippen LogP contribution in [0.25, 0.3) is 0 Å². The number of β-amino-alcohol motifs (C(OH)–C–C–N with tert-alkyl or cyclic N) is 1. The van der Waals surface area contributed by atoms with E-state index in [1.807, 2.05) is 24.3 Å². The fraction of sp³-hybridized carbons (Fsp3) is 0.158. The third-order valence-electron chi connectivity index (χ3n) is 3.77. The number of rotatable bonds is 7. The molecule has 0 bridgehead atoms. The summed E-state index contributed by atoms with van der Waals surface area (Å²) in [6, 6.07) is 13.8. The molecule has 5 nitrogen and oxygen atoms in total. The van der Waals surface area contributed by atoms with E-state index in [1.165, 1.54) is 30.0 Å². The normalized spacial score (nSPS) is 13.9. The molecule has 0 aromatic heterocycles. The highest BCUT2D eigenvalue weighted by molar-refractivity contribution is 7.98. The highest BCUT2D eigenvalue weighted by Gasteiger charge is 2.30. The number of hydrogen-bond acceptors (Lipinski definition) is 5. The molecule has 2 aromatic carbocycles. The molecule has 3 rings (SSSR count). The van der Waals surface area contributed by atoms with Crippen molar-refractivity contribution in [2.75, 3.05) is 18.5 Å². The smallest absolute Gasteiger partial charge is 0.277 e. The number of benzene rings is 2. The van der Waals surface area contributed by atoms with Gasteiger partial charge in [0.2, 0.25) is 0 Å². The lowest BCUT2D eigenvalue weighted by Crippen LogP contribution is -2.34. The summed E-state index contributed by atoms with van der Waals surface area (Å²) in [6.07, 6.45) is 1.23. The molecule has 0 unspecified atom stereocenters. The van der Waals surface area contributed by atoms with Crippen LogP contribution in [0, 0.1) is 5.82 Å². The van der Waals surface area contributed by atoms with Gasteiger partial charge in [0.05, 0.1) is 18.8 Å². The van der Waals surface area contributed by atoms with Crippen LogP contribution < -0.4 is 5.32 Å². The summed E-state index contributed by atoms with van der Waals surface area (Å²) in [5.74, 6) is -0.622. The molecule has 1 aliphatic heterocycles. The standard InChI is InChI=1S/C19H17FN2O3S/c20-14-5-3-4-13(10-14)12-26-17-7-2-1-6-15(17)21-16-11-18(24)22(8-9-23)19(16)25/h1-7,10-11,21,23H,8-9,12H2. The van der Waals surface area contributed by atoms with E-state index in [0.29, 0.717) is 11.4 Å². The van der Waals surface area contributed by atoms with Gasteiger partial charge in [0.1, 0.15) is 11.5 Å². The lowest BCUT2D eigenvalue weighted by molar-refractivity contribution is -0.137. The Kier molecular flexibility index (Phi) is 5.70. The zero-order valence-corrected chi connectivity index (χ0v) is 14.6. The van der Waals surface area contributed by atoms with Crippen LogP contribution in [-0.2, 0) is 15.3 Å². The number of aliphatic hydroxyl groups excluding tert-OH is 1. The van der Waals surface area contributed by atoms with Gasteiger partial charge in [0.15, 0.2) is 0 Å². The van der Waals surface area contributed by atoms with Gasteiger partial charge in [-0.25, -0.2) is 4.39 Å². The molecular weight excluding hydrogens is 355 g/mol. The minimum Gasteiger partial charge on any atom is -0.395 e. The van der Waals surface area contributed by atoms with Crippen molar-refractivity contribution < 1.29 is 19.1 Å². The molecule has 2 amide bonds. The Morgan fingerprint density at radius 3 is 2.69 bits per heavy atom. The van der Waals surface area contributed by atoms with Crippen molar-refractivity contribution >= 4 is 29.3 Å². The van der Waals surface area contributed by atoms with E-state index in [0.717, 1.165) is 15.4 Å². The van der Waals surface area contributed by atoms with Crippen LogP contribution in [0.2, 0.25) is 0 Å². The van der Waals surface area contributed by atoms with Crippen molar-refractivity contribution in [2.45, 2.75) is 10.6 Å². The molecule has 1 aliphatic rings. The maximum absolute atomic E-state index is 13.3. The lowest BCUT2D eigenvalue weighted by atomic mass is 10.2. The molecular formula is C19H17FN2O3S. The molecule has 0 atom stereocenters. The van der Waals surface area contributed by atoms with E-state index < -0.39 is 11.8 Å². The van der Waals surface area contributed by atoms with E-state index in [1.54, 1.807) is 12.1 Å². The van der Waals surface area contributed by atoms with Crippen molar-refractivity contribution in [2.24, 2.45) is 0 Å². The Balaban J connectivity index is 1.73. The second-order valence-corrected chi connectivity index (χ2v) is 6.63. The molecule has 0 radical (unpaired) electrons. The maximum Gasteiger partial charge on any atom is 0.277 e. The first-order valence-electron chi connectivity index (χ1n) is 8.00. The largest absolute Gasteiger partial charge is 0.395 e. The average molecular weight is 372 g/mol. The molecule has 7 heteroatoms. The zero-order valence-electron chi connectivity index (χ0n) is 13.8. The van der Waals surface area contributed by atoms with Crippen LogP contribution in [0.1, 0.15) is 5.56 Å². The maximum atomic E-state index is 13.3. The fourth-order valence-corrected chi connectivity index (χ4v) is 3.49. The van der Waals surface area contributed by atoms with Crippen LogP contribution in [0.4, 0.5) is 10.1 Å². The second kappa shape index (κ2) is 8.16. The molecule has 0 aliphatic carbocycles. The van der Waals surface area contributed by atoms with Gasteiger partial charge in [-0.15, -0.1) is 11.8 Å². The number of anilines is 1. The Hall–Kier alpha value is -2.64. The second-order valence-electron chi connectivity index (χ2n) is 5.62. The van der Waals surface area contributed by atoms with Crippen LogP contribution in [0.5, 0.6) is 0 Å². The first-order chi connectivity index (χ1) is 12.6. The molecule has 0 saturated heterocycles. The number of nitrogens with one attached hydrogen (secondary N) is 1. The predicted molar refractivity (Wildman–Crippen MR) is 97.9 cm³/mol. The minimum atomic E-state index is -0.464. The van der Waals surface area contributed by atoms with Crippen LogP contribution in [0.15, 0.2) is 65.2 Å². The summed E-state index contributed by atoms with van der Waals surface area (Å²) in [7, 11) is 0. The van der Waals surface area contributed by atoms with Gasteiger partial charge in [-0.05, 0) is 29.8 Å². The van der Waals surface area contributed by atoms with Gasteiger partial charge < -0.3 is 10.4 Å². The van der Waals surface area contributed by atoms with Gasteiger partial charge in [-0.3, -0.25) is 14.5 Å². The molecule has 26 heavy (non-hydrogen) atoms. The topological polar surface area (TPSA) is 69.6 Å². The van der Waals surface area contributed by atoms with Crippen molar-refractivity contribution in [3.05, 3.63) is 71.7 Å². The number of imide groups is 1.